The van der Waals surface area contributed by atoms with Gasteiger partial charge in [0.2, 0.25) is 0 Å². The van der Waals surface area contributed by atoms with Crippen molar-refractivity contribution in [2.75, 3.05) is 65.6 Å². The van der Waals surface area contributed by atoms with Crippen LogP contribution < -0.4 is 0 Å². The van der Waals surface area contributed by atoms with Gasteiger partial charge in [-0.15, -0.1) is 0 Å². The van der Waals surface area contributed by atoms with Gasteiger partial charge in [0.25, 0.3) is 11.8 Å². The van der Waals surface area contributed by atoms with Gasteiger partial charge < -0.3 is 19.3 Å². The molecular formula is C25H29ClFN3O4. The van der Waals surface area contributed by atoms with Crippen LogP contribution in [0.4, 0.5) is 4.39 Å². The maximum absolute atomic E-state index is 13.4. The number of morpholine rings is 2. The first kappa shape index (κ1) is 24.6. The molecule has 1 atom stereocenters. The maximum Gasteiger partial charge on any atom is 0.254 e. The average molecular weight is 490 g/mol. The molecule has 0 saturated carbocycles. The summed E-state index contributed by atoms with van der Waals surface area (Å²) >= 11 is 6.05. The molecular weight excluding hydrogens is 461 g/mol. The lowest BCUT2D eigenvalue weighted by atomic mass is 10.1. The van der Waals surface area contributed by atoms with Crippen molar-refractivity contribution in [2.24, 2.45) is 0 Å². The molecule has 2 amide bonds. The Morgan fingerprint density at radius 3 is 2.53 bits per heavy atom. The van der Waals surface area contributed by atoms with E-state index in [2.05, 4.69) is 4.90 Å². The predicted octanol–water partition coefficient (Wildman–Crippen LogP) is 2.79. The van der Waals surface area contributed by atoms with Crippen molar-refractivity contribution < 1.29 is 23.5 Å². The van der Waals surface area contributed by atoms with Gasteiger partial charge in [-0.05, 0) is 42.5 Å². The van der Waals surface area contributed by atoms with Crippen LogP contribution in [0.1, 0.15) is 20.7 Å². The van der Waals surface area contributed by atoms with Crippen LogP contribution in [0.2, 0.25) is 5.02 Å². The summed E-state index contributed by atoms with van der Waals surface area (Å²) in [5.74, 6) is -0.683. The number of nitrogens with zero attached hydrogens (tertiary/aromatic N) is 3. The molecule has 2 aliphatic heterocycles. The molecule has 2 fully saturated rings. The summed E-state index contributed by atoms with van der Waals surface area (Å²) in [5.41, 5.74) is 0.950. The number of hydrogen-bond acceptors (Lipinski definition) is 5. The van der Waals surface area contributed by atoms with Gasteiger partial charge in [-0.2, -0.15) is 0 Å². The van der Waals surface area contributed by atoms with Gasteiger partial charge >= 0.3 is 0 Å². The Labute approximate surface area is 204 Å². The zero-order valence-corrected chi connectivity index (χ0v) is 19.8. The molecule has 2 aliphatic rings. The van der Waals surface area contributed by atoms with Crippen molar-refractivity contribution in [1.82, 2.24) is 14.7 Å². The Balaban J connectivity index is 1.43. The van der Waals surface area contributed by atoms with Crippen LogP contribution in [0.5, 0.6) is 0 Å². The van der Waals surface area contributed by atoms with Gasteiger partial charge in [0.15, 0.2) is 0 Å². The van der Waals surface area contributed by atoms with E-state index in [4.69, 9.17) is 21.1 Å². The second-order valence-electron chi connectivity index (χ2n) is 8.47. The Hall–Kier alpha value is -2.52. The monoisotopic (exact) mass is 489 g/mol. The maximum atomic E-state index is 13.4. The highest BCUT2D eigenvalue weighted by atomic mass is 35.5. The number of amides is 2. The van der Waals surface area contributed by atoms with E-state index in [1.165, 1.54) is 24.3 Å². The van der Waals surface area contributed by atoms with E-state index in [1.807, 2.05) is 0 Å². The Morgan fingerprint density at radius 1 is 1.03 bits per heavy atom. The van der Waals surface area contributed by atoms with Gasteiger partial charge in [-0.25, -0.2) is 4.39 Å². The van der Waals surface area contributed by atoms with Crippen molar-refractivity contribution in [3.05, 3.63) is 70.5 Å². The molecule has 7 nitrogen and oxygen atoms in total. The van der Waals surface area contributed by atoms with E-state index in [0.29, 0.717) is 68.7 Å². The van der Waals surface area contributed by atoms with E-state index >= 15 is 0 Å². The van der Waals surface area contributed by atoms with Gasteiger partial charge in [-0.1, -0.05) is 17.7 Å². The third-order valence-corrected chi connectivity index (χ3v) is 6.32. The van der Waals surface area contributed by atoms with E-state index in [-0.39, 0.29) is 23.7 Å². The largest absolute Gasteiger partial charge is 0.379 e. The third kappa shape index (κ3) is 6.54. The first-order valence-corrected chi connectivity index (χ1v) is 11.9. The fraction of sp³-hybridized carbons (Fsp3) is 0.440. The number of hydrogen-bond donors (Lipinski definition) is 0. The number of carbonyl (C=O) groups is 2. The first-order chi connectivity index (χ1) is 16.5. The molecule has 2 saturated heterocycles. The lowest BCUT2D eigenvalue weighted by Crippen LogP contribution is -2.52. The summed E-state index contributed by atoms with van der Waals surface area (Å²) in [5, 5.41) is 0.509. The van der Waals surface area contributed by atoms with Crippen molar-refractivity contribution >= 4 is 23.4 Å². The normalized spacial score (nSPS) is 19.1. The zero-order chi connectivity index (χ0) is 23.9. The lowest BCUT2D eigenvalue weighted by molar-refractivity contribution is -0.0346. The first-order valence-electron chi connectivity index (χ1n) is 11.5. The second kappa shape index (κ2) is 11.8. The summed E-state index contributed by atoms with van der Waals surface area (Å²) < 4.78 is 24.7. The smallest absolute Gasteiger partial charge is 0.254 e. The molecule has 2 heterocycles. The standard InChI is InChI=1S/C25H29ClFN3O4/c26-21-3-1-2-20(16-21)25(32)30-12-15-34-23(18-30)17-29(9-8-28-10-13-33-14-11-28)24(31)19-4-6-22(27)7-5-19/h1-7,16,23H,8-15,17-18H2. The molecule has 2 aromatic carbocycles. The summed E-state index contributed by atoms with van der Waals surface area (Å²) in [6.07, 6.45) is -0.328. The van der Waals surface area contributed by atoms with Gasteiger partial charge in [0.05, 0.1) is 25.9 Å². The number of ether oxygens (including phenoxy) is 2. The van der Waals surface area contributed by atoms with E-state index in [1.54, 1.807) is 34.1 Å². The lowest BCUT2D eigenvalue weighted by Gasteiger charge is -2.37. The van der Waals surface area contributed by atoms with Crippen molar-refractivity contribution in [2.45, 2.75) is 6.10 Å². The quantitative estimate of drug-likeness (QED) is 0.598. The molecule has 0 aromatic heterocycles. The van der Waals surface area contributed by atoms with Crippen LogP contribution in [-0.2, 0) is 9.47 Å². The van der Waals surface area contributed by atoms with Crippen LogP contribution in [0, 0.1) is 5.82 Å². The summed E-state index contributed by atoms with van der Waals surface area (Å²) in [6.45, 7) is 5.76. The highest BCUT2D eigenvalue weighted by molar-refractivity contribution is 6.30. The Morgan fingerprint density at radius 2 is 1.79 bits per heavy atom. The molecule has 1 unspecified atom stereocenters. The molecule has 2 aromatic rings. The zero-order valence-electron chi connectivity index (χ0n) is 19.0. The molecule has 34 heavy (non-hydrogen) atoms. The Bertz CT molecular complexity index is 984. The highest BCUT2D eigenvalue weighted by Crippen LogP contribution is 2.17. The topological polar surface area (TPSA) is 62.3 Å². The molecule has 9 heteroatoms. The van der Waals surface area contributed by atoms with Crippen LogP contribution >= 0.6 is 11.6 Å². The molecule has 0 aliphatic carbocycles. The minimum Gasteiger partial charge on any atom is -0.379 e. The Kier molecular flexibility index (Phi) is 8.50. The minimum atomic E-state index is -0.387. The molecule has 0 radical (unpaired) electrons. The molecule has 4 rings (SSSR count). The van der Waals surface area contributed by atoms with Gasteiger partial charge in [-0.3, -0.25) is 14.5 Å². The van der Waals surface area contributed by atoms with Crippen molar-refractivity contribution in [3.63, 3.8) is 0 Å². The van der Waals surface area contributed by atoms with Crippen molar-refractivity contribution in [1.29, 1.82) is 0 Å². The fourth-order valence-electron chi connectivity index (χ4n) is 4.20. The average Bonchev–Trinajstić information content (AvgIpc) is 2.87. The number of benzene rings is 2. The SMILES string of the molecule is O=C(c1cccc(Cl)c1)N1CCOC(CN(CCN2CCOCC2)C(=O)c2ccc(F)cc2)C1. The summed E-state index contributed by atoms with van der Waals surface area (Å²) in [7, 11) is 0. The number of halogens is 2. The molecule has 0 bridgehead atoms. The fourth-order valence-corrected chi connectivity index (χ4v) is 4.39. The highest BCUT2D eigenvalue weighted by Gasteiger charge is 2.29. The van der Waals surface area contributed by atoms with Crippen LogP contribution in [0.3, 0.4) is 0 Å². The molecule has 0 N–H and O–H groups in total. The minimum absolute atomic E-state index is 0.111. The summed E-state index contributed by atoms with van der Waals surface area (Å²) in [6, 6.07) is 12.4. The third-order valence-electron chi connectivity index (χ3n) is 6.09. The number of rotatable bonds is 7. The van der Waals surface area contributed by atoms with E-state index < -0.39 is 0 Å². The van der Waals surface area contributed by atoms with E-state index in [9.17, 15) is 14.0 Å². The van der Waals surface area contributed by atoms with Crippen molar-refractivity contribution in [3.8, 4) is 0 Å². The summed E-state index contributed by atoms with van der Waals surface area (Å²) in [4.78, 5) is 32.0. The second-order valence-corrected chi connectivity index (χ2v) is 8.90. The predicted molar refractivity (Wildman–Crippen MR) is 127 cm³/mol. The van der Waals surface area contributed by atoms with Crippen LogP contribution in [0.25, 0.3) is 0 Å². The van der Waals surface area contributed by atoms with E-state index in [0.717, 1.165) is 13.1 Å². The van der Waals surface area contributed by atoms with Crippen LogP contribution in [0.15, 0.2) is 48.5 Å². The molecule has 182 valence electrons. The molecule has 0 spiro atoms. The van der Waals surface area contributed by atoms with Crippen LogP contribution in [-0.4, -0.2) is 98.3 Å². The number of carbonyl (C=O) groups excluding carboxylic acids is 2. The van der Waals surface area contributed by atoms with Gasteiger partial charge in [0.1, 0.15) is 5.82 Å². The van der Waals surface area contributed by atoms with Gasteiger partial charge in [0, 0.05) is 62.0 Å².